The van der Waals surface area contributed by atoms with E-state index in [0.29, 0.717) is 17.7 Å². The Balaban J connectivity index is 1.31. The Labute approximate surface area is 167 Å². The summed E-state index contributed by atoms with van der Waals surface area (Å²) in [5.74, 6) is -0.919. The summed E-state index contributed by atoms with van der Waals surface area (Å²) in [7, 11) is 0. The fraction of sp³-hybridized carbons (Fsp3) is 0.182. The van der Waals surface area contributed by atoms with Gasteiger partial charge < -0.3 is 5.32 Å². The SMILES string of the molecule is Cc1ccc2c(c1)C(=O)N(CCC(=O)NCc1cnn(-c3ccccc3)c1)C2=O. The van der Waals surface area contributed by atoms with Gasteiger partial charge in [-0.05, 0) is 31.2 Å². The molecule has 1 aromatic heterocycles. The maximum Gasteiger partial charge on any atom is 0.261 e. The molecule has 3 aromatic rings. The molecule has 1 aliphatic rings. The van der Waals surface area contributed by atoms with Gasteiger partial charge in [0.15, 0.2) is 0 Å². The summed E-state index contributed by atoms with van der Waals surface area (Å²) in [6.07, 6.45) is 3.60. The van der Waals surface area contributed by atoms with Crippen molar-refractivity contribution in [1.82, 2.24) is 20.0 Å². The minimum atomic E-state index is -0.345. The van der Waals surface area contributed by atoms with Gasteiger partial charge in [0.2, 0.25) is 5.91 Å². The number of carbonyl (C=O) groups is 3. The van der Waals surface area contributed by atoms with Gasteiger partial charge in [-0.1, -0.05) is 29.8 Å². The van der Waals surface area contributed by atoms with Crippen molar-refractivity contribution in [3.8, 4) is 5.69 Å². The summed E-state index contributed by atoms with van der Waals surface area (Å²) in [6, 6.07) is 14.9. The van der Waals surface area contributed by atoms with Gasteiger partial charge >= 0.3 is 0 Å². The largest absolute Gasteiger partial charge is 0.352 e. The Kier molecular flexibility index (Phi) is 4.95. The summed E-state index contributed by atoms with van der Waals surface area (Å²) < 4.78 is 1.74. The summed E-state index contributed by atoms with van der Waals surface area (Å²) in [4.78, 5) is 38.2. The van der Waals surface area contributed by atoms with Crippen molar-refractivity contribution in [2.45, 2.75) is 19.9 Å². The van der Waals surface area contributed by atoms with Crippen LogP contribution < -0.4 is 5.32 Å². The number of nitrogens with one attached hydrogen (secondary N) is 1. The molecule has 0 radical (unpaired) electrons. The van der Waals surface area contributed by atoms with Gasteiger partial charge in [-0.25, -0.2) is 4.68 Å². The van der Waals surface area contributed by atoms with Gasteiger partial charge in [0, 0.05) is 31.3 Å². The Morgan fingerprint density at radius 3 is 2.59 bits per heavy atom. The van der Waals surface area contributed by atoms with Crippen LogP contribution in [0.3, 0.4) is 0 Å². The number of fused-ring (bicyclic) bond motifs is 1. The smallest absolute Gasteiger partial charge is 0.261 e. The molecule has 2 aromatic carbocycles. The van der Waals surface area contributed by atoms with E-state index in [1.54, 1.807) is 29.1 Å². The number of para-hydroxylation sites is 1. The van der Waals surface area contributed by atoms with Gasteiger partial charge in [-0.3, -0.25) is 19.3 Å². The highest BCUT2D eigenvalue weighted by Crippen LogP contribution is 2.23. The zero-order chi connectivity index (χ0) is 20.4. The summed E-state index contributed by atoms with van der Waals surface area (Å²) in [5.41, 5.74) is 3.52. The minimum absolute atomic E-state index is 0.0529. The highest BCUT2D eigenvalue weighted by atomic mass is 16.2. The van der Waals surface area contributed by atoms with Crippen molar-refractivity contribution >= 4 is 17.7 Å². The molecule has 2 heterocycles. The topological polar surface area (TPSA) is 84.3 Å². The fourth-order valence-corrected chi connectivity index (χ4v) is 3.28. The lowest BCUT2D eigenvalue weighted by atomic mass is 10.1. The lowest BCUT2D eigenvalue weighted by Crippen LogP contribution is -2.34. The molecule has 7 nitrogen and oxygen atoms in total. The number of amides is 3. The van der Waals surface area contributed by atoms with Gasteiger partial charge in [0.05, 0.1) is 23.0 Å². The molecular weight excluding hydrogens is 368 g/mol. The number of hydrogen-bond donors (Lipinski definition) is 1. The number of aryl methyl sites for hydroxylation is 1. The maximum absolute atomic E-state index is 12.5. The first-order chi connectivity index (χ1) is 14.0. The number of hydrogen-bond acceptors (Lipinski definition) is 4. The molecule has 0 spiro atoms. The first-order valence-electron chi connectivity index (χ1n) is 9.35. The zero-order valence-electron chi connectivity index (χ0n) is 16.0. The maximum atomic E-state index is 12.5. The van der Waals surface area contributed by atoms with Crippen molar-refractivity contribution in [3.63, 3.8) is 0 Å². The second-order valence-corrected chi connectivity index (χ2v) is 6.97. The molecule has 3 amide bonds. The molecule has 1 N–H and O–H groups in total. The van der Waals surface area contributed by atoms with E-state index in [2.05, 4.69) is 10.4 Å². The average Bonchev–Trinajstić information content (AvgIpc) is 3.29. The number of benzene rings is 2. The normalized spacial score (nSPS) is 12.9. The van der Waals surface area contributed by atoms with Crippen LogP contribution in [0.2, 0.25) is 0 Å². The highest BCUT2D eigenvalue weighted by molar-refractivity contribution is 6.21. The predicted molar refractivity (Wildman–Crippen MR) is 107 cm³/mol. The van der Waals surface area contributed by atoms with Gasteiger partial charge in [-0.15, -0.1) is 0 Å². The van der Waals surface area contributed by atoms with Crippen LogP contribution in [-0.2, 0) is 11.3 Å². The Morgan fingerprint density at radius 2 is 1.79 bits per heavy atom. The molecule has 0 aliphatic carbocycles. The monoisotopic (exact) mass is 388 g/mol. The molecule has 29 heavy (non-hydrogen) atoms. The van der Waals surface area contributed by atoms with Crippen LogP contribution in [0, 0.1) is 6.92 Å². The molecule has 0 saturated heterocycles. The number of nitrogens with zero attached hydrogens (tertiary/aromatic N) is 3. The second-order valence-electron chi connectivity index (χ2n) is 6.97. The third-order valence-electron chi connectivity index (χ3n) is 4.84. The molecule has 0 atom stereocenters. The van der Waals surface area contributed by atoms with Crippen LogP contribution in [0.15, 0.2) is 60.9 Å². The van der Waals surface area contributed by atoms with E-state index in [0.717, 1.165) is 21.7 Å². The third-order valence-corrected chi connectivity index (χ3v) is 4.84. The Morgan fingerprint density at radius 1 is 1.03 bits per heavy atom. The van der Waals surface area contributed by atoms with E-state index < -0.39 is 0 Å². The number of imide groups is 1. The van der Waals surface area contributed by atoms with Crippen molar-refractivity contribution in [1.29, 1.82) is 0 Å². The van der Waals surface area contributed by atoms with Gasteiger partial charge in [0.25, 0.3) is 11.8 Å². The first kappa shape index (κ1) is 18.6. The van der Waals surface area contributed by atoms with E-state index in [1.165, 1.54) is 0 Å². The molecule has 0 fully saturated rings. The van der Waals surface area contributed by atoms with E-state index in [-0.39, 0.29) is 30.7 Å². The zero-order valence-corrected chi connectivity index (χ0v) is 16.0. The summed E-state index contributed by atoms with van der Waals surface area (Å²) in [6.45, 7) is 2.25. The van der Waals surface area contributed by atoms with Crippen LogP contribution in [0.5, 0.6) is 0 Å². The van der Waals surface area contributed by atoms with Crippen LogP contribution in [0.25, 0.3) is 5.69 Å². The minimum Gasteiger partial charge on any atom is -0.352 e. The second kappa shape index (κ2) is 7.71. The predicted octanol–water partition coefficient (Wildman–Crippen LogP) is 2.48. The Hall–Kier alpha value is -3.74. The first-order valence-corrected chi connectivity index (χ1v) is 9.35. The molecule has 0 bridgehead atoms. The molecule has 7 heteroatoms. The van der Waals surface area contributed by atoms with Crippen molar-refractivity contribution < 1.29 is 14.4 Å². The van der Waals surface area contributed by atoms with Crippen LogP contribution in [-0.4, -0.2) is 38.9 Å². The Bertz CT molecular complexity index is 1090. The quantitative estimate of drug-likeness (QED) is 0.658. The molecule has 1 aliphatic heterocycles. The average molecular weight is 388 g/mol. The molecule has 0 saturated carbocycles. The van der Waals surface area contributed by atoms with E-state index >= 15 is 0 Å². The molecule has 0 unspecified atom stereocenters. The third kappa shape index (κ3) is 3.80. The van der Waals surface area contributed by atoms with Gasteiger partial charge in [-0.2, -0.15) is 5.10 Å². The standard InChI is InChI=1S/C22H20N4O3/c1-15-7-8-18-19(11-15)22(29)25(21(18)28)10-9-20(27)23-12-16-13-24-26(14-16)17-5-3-2-4-6-17/h2-8,11,13-14H,9-10,12H2,1H3,(H,23,27). The van der Waals surface area contributed by atoms with Crippen molar-refractivity contribution in [3.05, 3.63) is 83.2 Å². The molecule has 4 rings (SSSR count). The number of aromatic nitrogens is 2. The fourth-order valence-electron chi connectivity index (χ4n) is 3.28. The molecule has 146 valence electrons. The van der Waals surface area contributed by atoms with E-state index in [1.807, 2.05) is 43.5 Å². The number of rotatable bonds is 6. The van der Waals surface area contributed by atoms with Crippen LogP contribution in [0.4, 0.5) is 0 Å². The van der Waals surface area contributed by atoms with E-state index in [9.17, 15) is 14.4 Å². The van der Waals surface area contributed by atoms with Crippen LogP contribution in [0.1, 0.15) is 38.3 Å². The van der Waals surface area contributed by atoms with Gasteiger partial charge in [0.1, 0.15) is 0 Å². The van der Waals surface area contributed by atoms with Crippen molar-refractivity contribution in [2.75, 3.05) is 6.54 Å². The number of carbonyl (C=O) groups excluding carboxylic acids is 3. The van der Waals surface area contributed by atoms with Crippen LogP contribution >= 0.6 is 0 Å². The molecular formula is C22H20N4O3. The summed E-state index contributed by atoms with van der Waals surface area (Å²) >= 11 is 0. The lowest BCUT2D eigenvalue weighted by Gasteiger charge is -2.13. The van der Waals surface area contributed by atoms with Crippen molar-refractivity contribution in [2.24, 2.45) is 0 Å². The summed E-state index contributed by atoms with van der Waals surface area (Å²) in [5, 5.41) is 7.10. The highest BCUT2D eigenvalue weighted by Gasteiger charge is 2.35. The van der Waals surface area contributed by atoms with E-state index in [4.69, 9.17) is 0 Å². The lowest BCUT2D eigenvalue weighted by molar-refractivity contribution is -0.121.